The normalized spacial score (nSPS) is 18.1. The molecule has 1 aromatic carbocycles. The lowest BCUT2D eigenvalue weighted by Crippen LogP contribution is -2.50. The lowest BCUT2D eigenvalue weighted by atomic mass is 10.2. The van der Waals surface area contributed by atoms with Gasteiger partial charge >= 0.3 is 0 Å². The van der Waals surface area contributed by atoms with E-state index in [1.165, 1.54) is 0 Å². The minimum Gasteiger partial charge on any atom is -0.508 e. The Morgan fingerprint density at radius 2 is 1.48 bits per heavy atom. The summed E-state index contributed by atoms with van der Waals surface area (Å²) in [6.07, 6.45) is 4.07. The molecule has 8 nitrogen and oxygen atoms in total. The van der Waals surface area contributed by atoms with Crippen molar-refractivity contribution in [3.63, 3.8) is 0 Å². The van der Waals surface area contributed by atoms with E-state index in [0.29, 0.717) is 12.2 Å². The number of aromatic hydroxyl groups is 1. The minimum absolute atomic E-state index is 0.236. The fourth-order valence-electron chi connectivity index (χ4n) is 3.92. The van der Waals surface area contributed by atoms with Crippen LogP contribution in [0.3, 0.4) is 0 Å². The number of phenolic OH excluding ortho intramolecular Hbond substituents is 1. The number of phenols is 1. The molecule has 29 heavy (non-hydrogen) atoms. The molecule has 2 saturated heterocycles. The van der Waals surface area contributed by atoms with Crippen molar-refractivity contribution in [3.05, 3.63) is 42.7 Å². The maximum Gasteiger partial charge on any atom is 0.225 e. The molecule has 2 aromatic rings. The van der Waals surface area contributed by atoms with Crippen molar-refractivity contribution in [1.29, 1.82) is 0 Å². The second-order valence-corrected chi connectivity index (χ2v) is 7.51. The molecule has 4 rings (SSSR count). The molecule has 1 amide bonds. The maximum absolute atomic E-state index is 12.6. The summed E-state index contributed by atoms with van der Waals surface area (Å²) in [7, 11) is 0. The number of anilines is 2. The fourth-order valence-corrected chi connectivity index (χ4v) is 3.92. The summed E-state index contributed by atoms with van der Waals surface area (Å²) >= 11 is 0. The average Bonchev–Trinajstić information content (AvgIpc) is 2.79. The van der Waals surface area contributed by atoms with Crippen LogP contribution < -0.4 is 9.80 Å². The summed E-state index contributed by atoms with van der Waals surface area (Å²) in [5, 5.41) is 9.43. The highest BCUT2D eigenvalue weighted by atomic mass is 16.3. The molecule has 3 heterocycles. The van der Waals surface area contributed by atoms with E-state index >= 15 is 0 Å². The van der Waals surface area contributed by atoms with Crippen molar-refractivity contribution in [3.8, 4) is 5.75 Å². The first kappa shape index (κ1) is 19.4. The van der Waals surface area contributed by atoms with Crippen molar-refractivity contribution in [1.82, 2.24) is 19.8 Å². The molecule has 2 fully saturated rings. The van der Waals surface area contributed by atoms with E-state index in [1.54, 1.807) is 24.5 Å². The van der Waals surface area contributed by atoms with Gasteiger partial charge in [-0.1, -0.05) is 0 Å². The lowest BCUT2D eigenvalue weighted by molar-refractivity contribution is -0.131. The van der Waals surface area contributed by atoms with Crippen LogP contribution in [0.15, 0.2) is 42.7 Å². The van der Waals surface area contributed by atoms with E-state index in [1.807, 2.05) is 23.1 Å². The number of rotatable bonds is 5. The quantitative estimate of drug-likeness (QED) is 0.809. The topological polar surface area (TPSA) is 76.0 Å². The first-order valence-electron chi connectivity index (χ1n) is 10.2. The first-order valence-corrected chi connectivity index (χ1v) is 10.2. The van der Waals surface area contributed by atoms with Gasteiger partial charge in [-0.2, -0.15) is 0 Å². The third-order valence-corrected chi connectivity index (χ3v) is 5.70. The molecule has 0 saturated carbocycles. The van der Waals surface area contributed by atoms with Crippen LogP contribution in [-0.4, -0.2) is 89.7 Å². The van der Waals surface area contributed by atoms with Crippen molar-refractivity contribution >= 4 is 17.5 Å². The van der Waals surface area contributed by atoms with Crippen molar-refractivity contribution in [2.24, 2.45) is 0 Å². The van der Waals surface area contributed by atoms with E-state index in [9.17, 15) is 9.90 Å². The van der Waals surface area contributed by atoms with Gasteiger partial charge in [-0.25, -0.2) is 9.97 Å². The van der Waals surface area contributed by atoms with Crippen LogP contribution in [0.25, 0.3) is 0 Å². The number of carbonyl (C=O) groups is 1. The van der Waals surface area contributed by atoms with Crippen molar-refractivity contribution in [2.45, 2.75) is 6.42 Å². The van der Waals surface area contributed by atoms with E-state index in [-0.39, 0.29) is 5.91 Å². The zero-order valence-corrected chi connectivity index (χ0v) is 16.7. The summed E-state index contributed by atoms with van der Waals surface area (Å²) in [5.74, 6) is 1.27. The van der Waals surface area contributed by atoms with Gasteiger partial charge < -0.3 is 19.8 Å². The number of amides is 1. The van der Waals surface area contributed by atoms with Gasteiger partial charge in [-0.15, -0.1) is 0 Å². The van der Waals surface area contributed by atoms with Gasteiger partial charge in [-0.3, -0.25) is 9.69 Å². The smallest absolute Gasteiger partial charge is 0.225 e. The molecule has 0 spiro atoms. The first-order chi connectivity index (χ1) is 14.2. The van der Waals surface area contributed by atoms with Gasteiger partial charge in [-0.05, 0) is 30.3 Å². The molecule has 154 valence electrons. The number of carbonyl (C=O) groups excluding carboxylic acids is 1. The van der Waals surface area contributed by atoms with E-state index < -0.39 is 0 Å². The monoisotopic (exact) mass is 396 g/mol. The van der Waals surface area contributed by atoms with Crippen LogP contribution in [0.1, 0.15) is 6.42 Å². The van der Waals surface area contributed by atoms with Crippen LogP contribution in [0, 0.1) is 0 Å². The Morgan fingerprint density at radius 1 is 0.862 bits per heavy atom. The predicted molar refractivity (Wildman–Crippen MR) is 112 cm³/mol. The molecule has 8 heteroatoms. The Morgan fingerprint density at radius 3 is 2.14 bits per heavy atom. The second kappa shape index (κ2) is 9.09. The van der Waals surface area contributed by atoms with Crippen LogP contribution in [0.2, 0.25) is 0 Å². The maximum atomic E-state index is 12.6. The molecule has 0 aliphatic carbocycles. The fraction of sp³-hybridized carbons (Fsp3) is 0.476. The van der Waals surface area contributed by atoms with Gasteiger partial charge in [0.1, 0.15) is 5.75 Å². The molecule has 1 aromatic heterocycles. The van der Waals surface area contributed by atoms with Gasteiger partial charge in [0.05, 0.1) is 0 Å². The van der Waals surface area contributed by atoms with Gasteiger partial charge in [0.15, 0.2) is 0 Å². The molecule has 0 bridgehead atoms. The molecular weight excluding hydrogens is 368 g/mol. The van der Waals surface area contributed by atoms with Crippen LogP contribution in [0.4, 0.5) is 11.6 Å². The van der Waals surface area contributed by atoms with Gasteiger partial charge in [0, 0.05) is 83.4 Å². The molecule has 2 aliphatic heterocycles. The van der Waals surface area contributed by atoms with Crippen LogP contribution in [0.5, 0.6) is 5.75 Å². The summed E-state index contributed by atoms with van der Waals surface area (Å²) in [6.45, 7) is 7.60. The summed E-state index contributed by atoms with van der Waals surface area (Å²) in [4.78, 5) is 30.0. The number of nitrogens with zero attached hydrogens (tertiary/aromatic N) is 6. The standard InChI is InChI=1S/C21H28N6O2/c28-19-4-2-18(3-5-19)25-12-10-24(11-13-25)9-6-20(29)26-14-16-27(17-15-26)21-22-7-1-8-23-21/h1-5,7-8,28H,6,9-17H2. The Kier molecular flexibility index (Phi) is 6.09. The molecule has 1 N–H and O–H groups in total. The zero-order chi connectivity index (χ0) is 20.1. The number of hydrogen-bond acceptors (Lipinski definition) is 7. The van der Waals surface area contributed by atoms with Crippen molar-refractivity contribution < 1.29 is 9.90 Å². The van der Waals surface area contributed by atoms with Gasteiger partial charge in [0.25, 0.3) is 0 Å². The summed E-state index contributed by atoms with van der Waals surface area (Å²) in [5.41, 5.74) is 1.14. The van der Waals surface area contributed by atoms with E-state index in [4.69, 9.17) is 0 Å². The summed E-state index contributed by atoms with van der Waals surface area (Å²) in [6, 6.07) is 9.17. The van der Waals surface area contributed by atoms with Crippen molar-refractivity contribution in [2.75, 3.05) is 68.7 Å². The minimum atomic E-state index is 0.236. The third-order valence-electron chi connectivity index (χ3n) is 5.70. The Hall–Kier alpha value is -2.87. The number of aromatic nitrogens is 2. The number of hydrogen-bond donors (Lipinski definition) is 1. The third kappa shape index (κ3) is 4.95. The Bertz CT molecular complexity index is 785. The lowest BCUT2D eigenvalue weighted by Gasteiger charge is -2.37. The van der Waals surface area contributed by atoms with E-state index in [2.05, 4.69) is 24.7 Å². The molecular formula is C21H28N6O2. The highest BCUT2D eigenvalue weighted by Gasteiger charge is 2.23. The zero-order valence-electron chi connectivity index (χ0n) is 16.7. The largest absolute Gasteiger partial charge is 0.508 e. The van der Waals surface area contributed by atoms with Gasteiger partial charge in [0.2, 0.25) is 11.9 Å². The Labute approximate surface area is 171 Å². The highest BCUT2D eigenvalue weighted by Crippen LogP contribution is 2.20. The molecule has 0 atom stereocenters. The Balaban J connectivity index is 1.17. The number of benzene rings is 1. The van der Waals surface area contributed by atoms with Crippen LogP contribution in [-0.2, 0) is 4.79 Å². The molecule has 0 unspecified atom stereocenters. The van der Waals surface area contributed by atoms with E-state index in [0.717, 1.165) is 70.5 Å². The molecule has 0 radical (unpaired) electrons. The predicted octanol–water partition coefficient (Wildman–Crippen LogP) is 1.04. The SMILES string of the molecule is O=C(CCN1CCN(c2ccc(O)cc2)CC1)N1CCN(c2ncccn2)CC1. The second-order valence-electron chi connectivity index (χ2n) is 7.51. The average molecular weight is 396 g/mol. The number of piperazine rings is 2. The van der Waals surface area contributed by atoms with Crippen LogP contribution >= 0.6 is 0 Å². The molecule has 2 aliphatic rings. The summed E-state index contributed by atoms with van der Waals surface area (Å²) < 4.78 is 0. The highest BCUT2D eigenvalue weighted by molar-refractivity contribution is 5.76.